The largest absolute Gasteiger partial charge is 0.308 e. The van der Waals surface area contributed by atoms with E-state index in [4.69, 9.17) is 9.97 Å². The molecule has 0 aliphatic heterocycles. The van der Waals surface area contributed by atoms with Crippen molar-refractivity contribution in [1.82, 2.24) is 14.4 Å². The Kier molecular flexibility index (Phi) is 7.12. The van der Waals surface area contributed by atoms with E-state index in [2.05, 4.69) is 188 Å². The number of para-hydroxylation sites is 2. The molecule has 1 atom stereocenters. The highest BCUT2D eigenvalue weighted by Crippen LogP contribution is 2.48. The van der Waals surface area contributed by atoms with Crippen molar-refractivity contribution in [3.05, 3.63) is 187 Å². The van der Waals surface area contributed by atoms with Crippen molar-refractivity contribution in [3.63, 3.8) is 0 Å². The van der Waals surface area contributed by atoms with E-state index < -0.39 is 0 Å². The second kappa shape index (κ2) is 12.4. The molecular weight excluding hydrogens is 667 g/mol. The molecule has 55 heavy (non-hydrogen) atoms. The summed E-state index contributed by atoms with van der Waals surface area (Å²) in [5.74, 6) is 0.834. The lowest BCUT2D eigenvalue weighted by atomic mass is 9.84. The van der Waals surface area contributed by atoms with Crippen LogP contribution < -0.4 is 0 Å². The van der Waals surface area contributed by atoms with Crippen molar-refractivity contribution >= 4 is 59.8 Å². The van der Waals surface area contributed by atoms with E-state index in [1.165, 1.54) is 82.2 Å². The van der Waals surface area contributed by atoms with Gasteiger partial charge in [-0.05, 0) is 87.8 Å². The predicted octanol–water partition coefficient (Wildman–Crippen LogP) is 13.8. The fraction of sp³-hybridized carbons (Fsp3) is 0.0769. The fourth-order valence-electron chi connectivity index (χ4n) is 9.23. The molecule has 8 aromatic carbocycles. The number of aryl methyl sites for hydroxylation is 1. The van der Waals surface area contributed by atoms with E-state index in [0.29, 0.717) is 0 Å². The summed E-state index contributed by atoms with van der Waals surface area (Å²) in [5, 5.41) is 8.77. The summed E-state index contributed by atoms with van der Waals surface area (Å²) < 4.78 is 2.51. The predicted molar refractivity (Wildman–Crippen MR) is 231 cm³/mol. The van der Waals surface area contributed by atoms with Crippen molar-refractivity contribution in [2.75, 3.05) is 0 Å². The molecule has 0 N–H and O–H groups in total. The van der Waals surface area contributed by atoms with Gasteiger partial charge >= 0.3 is 0 Å². The summed E-state index contributed by atoms with van der Waals surface area (Å²) in [6, 6.07) is 61.6. The van der Waals surface area contributed by atoms with Crippen molar-refractivity contribution in [3.8, 4) is 33.5 Å². The molecule has 0 amide bonds. The Labute approximate surface area is 319 Å². The third kappa shape index (κ3) is 4.83. The van der Waals surface area contributed by atoms with E-state index in [1.807, 2.05) is 0 Å². The Bertz CT molecular complexity index is 3250. The molecule has 1 unspecified atom stereocenters. The first kappa shape index (κ1) is 31.7. The van der Waals surface area contributed by atoms with Crippen molar-refractivity contribution in [1.29, 1.82) is 0 Å². The van der Waals surface area contributed by atoms with E-state index in [0.717, 1.165) is 34.4 Å². The number of rotatable bonds is 6. The van der Waals surface area contributed by atoms with Gasteiger partial charge in [-0.15, -0.1) is 0 Å². The summed E-state index contributed by atoms with van der Waals surface area (Å²) in [6.45, 7) is 4.56. The average molecular weight is 704 g/mol. The Hall–Kier alpha value is -6.84. The molecule has 0 bridgehead atoms. The van der Waals surface area contributed by atoms with Crippen LogP contribution in [0.5, 0.6) is 0 Å². The average Bonchev–Trinajstić information content (AvgIpc) is 3.74. The normalized spacial score (nSPS) is 12.5. The number of hydrogen-bond donors (Lipinski definition) is 0. The lowest BCUT2D eigenvalue weighted by Gasteiger charge is -2.21. The Morgan fingerprint density at radius 2 is 1.18 bits per heavy atom. The zero-order valence-corrected chi connectivity index (χ0v) is 30.8. The van der Waals surface area contributed by atoms with Crippen LogP contribution in [0, 0.1) is 6.92 Å². The van der Waals surface area contributed by atoms with Crippen LogP contribution in [0.1, 0.15) is 36.2 Å². The molecule has 3 nitrogen and oxygen atoms in total. The first-order valence-corrected chi connectivity index (χ1v) is 19.3. The van der Waals surface area contributed by atoms with Crippen LogP contribution in [0.25, 0.3) is 93.3 Å². The zero-order chi connectivity index (χ0) is 36.6. The van der Waals surface area contributed by atoms with Crippen molar-refractivity contribution in [2.24, 2.45) is 0 Å². The quantitative estimate of drug-likeness (QED) is 0.173. The van der Waals surface area contributed by atoms with Crippen LogP contribution in [-0.2, 0) is 0 Å². The lowest BCUT2D eigenvalue weighted by molar-refractivity contribution is 0.724. The molecule has 3 heteroatoms. The van der Waals surface area contributed by atoms with E-state index in [9.17, 15) is 0 Å². The van der Waals surface area contributed by atoms with Gasteiger partial charge in [0, 0.05) is 38.4 Å². The molecule has 11 aromatic rings. The van der Waals surface area contributed by atoms with Gasteiger partial charge in [-0.25, -0.2) is 9.97 Å². The molecule has 0 aliphatic rings. The molecule has 0 aliphatic carbocycles. The first-order valence-electron chi connectivity index (χ1n) is 19.3. The summed E-state index contributed by atoms with van der Waals surface area (Å²) in [5.41, 5.74) is 14.3. The summed E-state index contributed by atoms with van der Waals surface area (Å²) in [4.78, 5) is 10.8. The van der Waals surface area contributed by atoms with Crippen LogP contribution in [-0.4, -0.2) is 14.4 Å². The maximum Gasteiger partial charge on any atom is 0.137 e. The fourth-order valence-corrected chi connectivity index (χ4v) is 9.23. The standard InChI is InChI=1S/C52H37N3/c1-3-38(52-53-45-23-13-11-22-42(45)50(54-52)35-27-25-34(26-28-35)33-15-5-4-6-16-33)39-19-9-10-21-41(39)48-32(2)29-43-40-20-12-14-24-46(40)55-47-31-37-18-8-7-17-36(37)30-44(47)49(48)51(43)55/h4-31,38H,3H2,1-2H3. The SMILES string of the molecule is CCC(c1nc(-c2ccc(-c3ccccc3)cc2)c2ccccc2n1)c1ccccc1-c1c(C)cc2c3ccccc3n3c4cc5ccccc5cc4c1c23. The molecule has 260 valence electrons. The highest BCUT2D eigenvalue weighted by atomic mass is 14.9. The molecule has 0 spiro atoms. The van der Waals surface area contributed by atoms with Gasteiger partial charge in [0.1, 0.15) is 5.82 Å². The summed E-state index contributed by atoms with van der Waals surface area (Å²) in [7, 11) is 0. The number of nitrogens with zero attached hydrogens (tertiary/aromatic N) is 3. The van der Waals surface area contributed by atoms with Crippen LogP contribution in [0.2, 0.25) is 0 Å². The number of benzene rings is 8. The van der Waals surface area contributed by atoms with Gasteiger partial charge in [0.15, 0.2) is 0 Å². The third-order valence-electron chi connectivity index (χ3n) is 11.7. The Balaban J connectivity index is 1.14. The Morgan fingerprint density at radius 3 is 2.00 bits per heavy atom. The number of aromatic nitrogens is 3. The van der Waals surface area contributed by atoms with E-state index in [1.54, 1.807) is 0 Å². The van der Waals surface area contributed by atoms with Gasteiger partial charge in [-0.2, -0.15) is 0 Å². The van der Waals surface area contributed by atoms with Gasteiger partial charge in [0.05, 0.1) is 27.8 Å². The minimum Gasteiger partial charge on any atom is -0.308 e. The number of hydrogen-bond acceptors (Lipinski definition) is 2. The zero-order valence-electron chi connectivity index (χ0n) is 30.8. The van der Waals surface area contributed by atoms with Crippen molar-refractivity contribution < 1.29 is 0 Å². The highest BCUT2D eigenvalue weighted by Gasteiger charge is 2.27. The van der Waals surface area contributed by atoms with Gasteiger partial charge in [-0.3, -0.25) is 0 Å². The third-order valence-corrected chi connectivity index (χ3v) is 11.7. The van der Waals surface area contributed by atoms with Gasteiger partial charge < -0.3 is 4.40 Å². The van der Waals surface area contributed by atoms with Gasteiger partial charge in [0.25, 0.3) is 0 Å². The highest BCUT2D eigenvalue weighted by molar-refractivity contribution is 6.28. The molecule has 0 fully saturated rings. The summed E-state index contributed by atoms with van der Waals surface area (Å²) in [6.07, 6.45) is 0.861. The van der Waals surface area contributed by atoms with Gasteiger partial charge in [-0.1, -0.05) is 146 Å². The maximum atomic E-state index is 5.46. The minimum atomic E-state index is -0.0196. The maximum absolute atomic E-state index is 5.46. The smallest absolute Gasteiger partial charge is 0.137 e. The topological polar surface area (TPSA) is 30.2 Å². The van der Waals surface area contributed by atoms with Crippen LogP contribution in [0.15, 0.2) is 170 Å². The van der Waals surface area contributed by atoms with Crippen LogP contribution in [0.3, 0.4) is 0 Å². The molecule has 11 rings (SSSR count). The van der Waals surface area contributed by atoms with E-state index in [-0.39, 0.29) is 5.92 Å². The van der Waals surface area contributed by atoms with Crippen LogP contribution in [0.4, 0.5) is 0 Å². The molecule has 0 saturated carbocycles. The molecule has 3 heterocycles. The molecule has 0 saturated heterocycles. The first-order chi connectivity index (χ1) is 27.2. The minimum absolute atomic E-state index is 0.0196. The van der Waals surface area contributed by atoms with Crippen LogP contribution >= 0.6 is 0 Å². The second-order valence-electron chi connectivity index (χ2n) is 14.8. The molecule has 3 aromatic heterocycles. The molecular formula is C52H37N3. The number of fused-ring (bicyclic) bond motifs is 8. The summed E-state index contributed by atoms with van der Waals surface area (Å²) >= 11 is 0. The van der Waals surface area contributed by atoms with Crippen molar-refractivity contribution in [2.45, 2.75) is 26.2 Å². The van der Waals surface area contributed by atoms with E-state index >= 15 is 0 Å². The molecule has 0 radical (unpaired) electrons. The monoisotopic (exact) mass is 703 g/mol. The van der Waals surface area contributed by atoms with Gasteiger partial charge in [0.2, 0.25) is 0 Å². The second-order valence-corrected chi connectivity index (χ2v) is 14.8. The Morgan fingerprint density at radius 1 is 0.527 bits per heavy atom. The lowest BCUT2D eigenvalue weighted by Crippen LogP contribution is -2.09.